The van der Waals surface area contributed by atoms with Gasteiger partial charge in [-0.2, -0.15) is 0 Å². The Bertz CT molecular complexity index is 875. The number of halogens is 1. The molecule has 8 nitrogen and oxygen atoms in total. The fourth-order valence-corrected chi connectivity index (χ4v) is 3.02. The van der Waals surface area contributed by atoms with Gasteiger partial charge in [0.1, 0.15) is 11.4 Å². The smallest absolute Gasteiger partial charge is 0.408 e. The fourth-order valence-electron chi connectivity index (χ4n) is 3.02. The van der Waals surface area contributed by atoms with Crippen LogP contribution in [0.15, 0.2) is 47.7 Å². The molecule has 0 spiro atoms. The van der Waals surface area contributed by atoms with Crippen molar-refractivity contribution in [3.05, 3.63) is 54.1 Å². The van der Waals surface area contributed by atoms with Gasteiger partial charge in [-0.05, 0) is 47.1 Å². The first kappa shape index (κ1) is 28.7. The predicted octanol–water partition coefficient (Wildman–Crippen LogP) is 3.95. The lowest BCUT2D eigenvalue weighted by molar-refractivity contribution is 0.0476. The highest BCUT2D eigenvalue weighted by molar-refractivity contribution is 14.0. The molecule has 1 aromatic carbocycles. The minimum atomic E-state index is -0.545. The summed E-state index contributed by atoms with van der Waals surface area (Å²) in [4.78, 5) is 21.2. The van der Waals surface area contributed by atoms with E-state index in [1.54, 1.807) is 0 Å². The van der Waals surface area contributed by atoms with Crippen LogP contribution in [0.2, 0.25) is 0 Å². The van der Waals surface area contributed by atoms with E-state index < -0.39 is 17.2 Å². The number of guanidine groups is 1. The highest BCUT2D eigenvalue weighted by Gasteiger charge is 2.24. The molecule has 1 amide bonds. The van der Waals surface area contributed by atoms with Crippen LogP contribution < -0.4 is 16.0 Å². The number of ether oxygens (including phenoxy) is 1. The van der Waals surface area contributed by atoms with Crippen LogP contribution in [0.25, 0.3) is 0 Å². The maximum absolute atomic E-state index is 12.1. The molecule has 0 unspecified atom stereocenters. The number of nitrogens with zero attached hydrogens (tertiary/aromatic N) is 3. The number of rotatable bonds is 9. The maximum atomic E-state index is 12.1. The Morgan fingerprint density at radius 1 is 1.12 bits per heavy atom. The Labute approximate surface area is 215 Å². The second-order valence-corrected chi connectivity index (χ2v) is 9.34. The third-order valence-electron chi connectivity index (χ3n) is 4.45. The molecule has 0 aliphatic rings. The first-order valence-electron chi connectivity index (χ1n) is 11.2. The second kappa shape index (κ2) is 13.4. The van der Waals surface area contributed by atoms with E-state index in [0.717, 1.165) is 25.3 Å². The molecular weight excluding hydrogens is 531 g/mol. The molecule has 0 saturated carbocycles. The van der Waals surface area contributed by atoms with E-state index in [9.17, 15) is 4.79 Å². The van der Waals surface area contributed by atoms with Crippen molar-refractivity contribution in [1.29, 1.82) is 0 Å². The molecule has 0 radical (unpaired) electrons. The van der Waals surface area contributed by atoms with Crippen LogP contribution in [0.1, 0.15) is 52.9 Å². The van der Waals surface area contributed by atoms with Gasteiger partial charge in [0.15, 0.2) is 5.96 Å². The van der Waals surface area contributed by atoms with E-state index >= 15 is 0 Å². The average molecular weight is 571 g/mol. The van der Waals surface area contributed by atoms with E-state index in [1.165, 1.54) is 5.56 Å². The van der Waals surface area contributed by atoms with Gasteiger partial charge in [-0.3, -0.25) is 4.99 Å². The molecule has 3 N–H and O–H groups in total. The Hall–Kier alpha value is -2.30. The highest BCUT2D eigenvalue weighted by atomic mass is 127. The normalized spacial score (nSPS) is 12.0. The lowest BCUT2D eigenvalue weighted by Gasteiger charge is -2.27. The molecule has 1 aromatic heterocycles. The van der Waals surface area contributed by atoms with Crippen molar-refractivity contribution in [1.82, 2.24) is 25.5 Å². The van der Waals surface area contributed by atoms with Crippen LogP contribution in [0.3, 0.4) is 0 Å². The number of imidazole rings is 1. The molecule has 0 aliphatic heterocycles. The Morgan fingerprint density at radius 3 is 2.45 bits per heavy atom. The van der Waals surface area contributed by atoms with Crippen molar-refractivity contribution in [2.45, 2.75) is 65.6 Å². The molecule has 0 aliphatic carbocycles. The third-order valence-corrected chi connectivity index (χ3v) is 4.45. The summed E-state index contributed by atoms with van der Waals surface area (Å²) in [5.41, 5.74) is 0.164. The van der Waals surface area contributed by atoms with Crippen LogP contribution in [0.4, 0.5) is 4.79 Å². The van der Waals surface area contributed by atoms with E-state index in [1.807, 2.05) is 72.1 Å². The zero-order valence-electron chi connectivity index (χ0n) is 20.6. The van der Waals surface area contributed by atoms with Gasteiger partial charge in [0, 0.05) is 38.4 Å². The van der Waals surface area contributed by atoms with Gasteiger partial charge >= 0.3 is 6.09 Å². The van der Waals surface area contributed by atoms with Gasteiger partial charge in [-0.1, -0.05) is 30.3 Å². The number of hydrogen-bond acceptors (Lipinski definition) is 4. The van der Waals surface area contributed by atoms with Crippen molar-refractivity contribution in [2.24, 2.45) is 4.99 Å². The van der Waals surface area contributed by atoms with E-state index in [0.29, 0.717) is 19.0 Å². The maximum Gasteiger partial charge on any atom is 0.408 e. The van der Waals surface area contributed by atoms with E-state index in [4.69, 9.17) is 4.74 Å². The zero-order chi connectivity index (χ0) is 23.6. The molecule has 0 bridgehead atoms. The summed E-state index contributed by atoms with van der Waals surface area (Å²) < 4.78 is 7.51. The first-order chi connectivity index (χ1) is 15.1. The molecule has 9 heteroatoms. The summed E-state index contributed by atoms with van der Waals surface area (Å²) in [5, 5.41) is 9.49. The molecule has 33 heavy (non-hydrogen) atoms. The summed E-state index contributed by atoms with van der Waals surface area (Å²) in [7, 11) is 0. The molecule has 2 rings (SSSR count). The second-order valence-electron chi connectivity index (χ2n) is 9.34. The Kier molecular flexibility index (Phi) is 11.7. The summed E-state index contributed by atoms with van der Waals surface area (Å²) in [5.74, 6) is 1.72. The number of benzene rings is 1. The number of aliphatic imine (C=N–C) groups is 1. The van der Waals surface area contributed by atoms with Crippen LogP contribution in [-0.2, 0) is 17.7 Å². The van der Waals surface area contributed by atoms with Crippen molar-refractivity contribution >= 4 is 36.0 Å². The summed E-state index contributed by atoms with van der Waals surface area (Å²) in [6, 6.07) is 10.3. The van der Waals surface area contributed by atoms with Crippen molar-refractivity contribution < 1.29 is 9.53 Å². The summed E-state index contributed by atoms with van der Waals surface area (Å²) in [6.45, 7) is 14.0. The molecule has 2 aromatic rings. The zero-order valence-corrected chi connectivity index (χ0v) is 23.0. The van der Waals surface area contributed by atoms with Crippen LogP contribution in [-0.4, -0.2) is 52.4 Å². The standard InChI is InChI=1S/C24H38N6O2.HI/c1-7-25-21(28-18-24(5,6)29-22(31)32-23(2,3)4)27-14-13-20-26-15-16-30(20)17-19-11-9-8-10-12-19;/h8-12,15-16H,7,13-14,17-18H2,1-6H3,(H,29,31)(H2,25,27,28);1H. The molecule has 0 saturated heterocycles. The van der Waals surface area contributed by atoms with Gasteiger partial charge < -0.3 is 25.3 Å². The predicted molar refractivity (Wildman–Crippen MR) is 144 cm³/mol. The number of carbonyl (C=O) groups is 1. The minimum absolute atomic E-state index is 0. The van der Waals surface area contributed by atoms with Crippen LogP contribution in [0, 0.1) is 0 Å². The number of alkyl carbamates (subject to hydrolysis) is 1. The highest BCUT2D eigenvalue weighted by Crippen LogP contribution is 2.10. The van der Waals surface area contributed by atoms with E-state index in [2.05, 4.69) is 42.6 Å². The Morgan fingerprint density at radius 2 is 1.82 bits per heavy atom. The minimum Gasteiger partial charge on any atom is -0.444 e. The topological polar surface area (TPSA) is 92.6 Å². The number of carbonyl (C=O) groups excluding carboxylic acids is 1. The van der Waals surface area contributed by atoms with Gasteiger partial charge in [0.2, 0.25) is 0 Å². The summed E-state index contributed by atoms with van der Waals surface area (Å²) >= 11 is 0. The molecule has 0 fully saturated rings. The van der Waals surface area contributed by atoms with Crippen molar-refractivity contribution in [3.8, 4) is 0 Å². The summed E-state index contributed by atoms with van der Waals surface area (Å²) in [6.07, 6.45) is 4.17. The van der Waals surface area contributed by atoms with Crippen molar-refractivity contribution in [3.63, 3.8) is 0 Å². The lowest BCUT2D eigenvalue weighted by atomic mass is 10.1. The number of amides is 1. The number of aromatic nitrogens is 2. The number of nitrogens with one attached hydrogen (secondary N) is 3. The Balaban J connectivity index is 0.00000544. The number of hydrogen-bond donors (Lipinski definition) is 3. The lowest BCUT2D eigenvalue weighted by Crippen LogP contribution is -2.49. The molecule has 184 valence electrons. The monoisotopic (exact) mass is 570 g/mol. The quantitative estimate of drug-likeness (QED) is 0.241. The van der Waals surface area contributed by atoms with Crippen LogP contribution >= 0.6 is 24.0 Å². The van der Waals surface area contributed by atoms with Gasteiger partial charge in [-0.25, -0.2) is 9.78 Å². The fraction of sp³-hybridized carbons (Fsp3) is 0.542. The average Bonchev–Trinajstić information content (AvgIpc) is 3.12. The molecule has 0 atom stereocenters. The molecular formula is C24H39IN6O2. The largest absolute Gasteiger partial charge is 0.444 e. The first-order valence-corrected chi connectivity index (χ1v) is 11.2. The van der Waals surface area contributed by atoms with Crippen LogP contribution in [0.5, 0.6) is 0 Å². The molecule has 1 heterocycles. The van der Waals surface area contributed by atoms with Gasteiger partial charge in [0.05, 0.1) is 12.1 Å². The van der Waals surface area contributed by atoms with Crippen molar-refractivity contribution in [2.75, 3.05) is 19.6 Å². The van der Waals surface area contributed by atoms with Gasteiger partial charge in [-0.15, -0.1) is 24.0 Å². The van der Waals surface area contributed by atoms with E-state index in [-0.39, 0.29) is 24.0 Å². The SMILES string of the molecule is CCNC(=NCC(C)(C)NC(=O)OC(C)(C)C)NCCc1nccn1Cc1ccccc1.I. The third kappa shape index (κ3) is 11.4. The van der Waals surface area contributed by atoms with Gasteiger partial charge in [0.25, 0.3) is 0 Å².